The minimum atomic E-state index is -3.50. The number of carbonyl (C=O) groups excluding carboxylic acids is 1. The van der Waals surface area contributed by atoms with Crippen molar-refractivity contribution in [2.45, 2.75) is 18.4 Å². The van der Waals surface area contributed by atoms with Gasteiger partial charge in [0.25, 0.3) is 5.91 Å². The summed E-state index contributed by atoms with van der Waals surface area (Å²) in [5.41, 5.74) is -0.279. The van der Waals surface area contributed by atoms with Crippen LogP contribution in [0.1, 0.15) is 17.3 Å². The van der Waals surface area contributed by atoms with Gasteiger partial charge in [-0.25, -0.2) is 12.8 Å². The molecule has 0 aliphatic heterocycles. The van der Waals surface area contributed by atoms with Gasteiger partial charge in [-0.2, -0.15) is 5.10 Å². The van der Waals surface area contributed by atoms with E-state index in [1.54, 1.807) is 16.9 Å². The fourth-order valence-corrected chi connectivity index (χ4v) is 2.71. The van der Waals surface area contributed by atoms with Gasteiger partial charge in [-0.3, -0.25) is 9.48 Å². The van der Waals surface area contributed by atoms with E-state index in [-0.39, 0.29) is 16.4 Å². The number of carbonyl (C=O) groups is 1. The second-order valence-corrected chi connectivity index (χ2v) is 7.47. The Morgan fingerprint density at radius 2 is 2.17 bits per heavy atom. The van der Waals surface area contributed by atoms with Gasteiger partial charge >= 0.3 is 0 Å². The largest absolute Gasteiger partial charge is 0.352 e. The predicted octanol–water partition coefficient (Wildman–Crippen LogP) is 1.49. The van der Waals surface area contributed by atoms with Crippen molar-refractivity contribution < 1.29 is 17.6 Å². The quantitative estimate of drug-likeness (QED) is 0.809. The van der Waals surface area contributed by atoms with E-state index in [9.17, 15) is 17.6 Å². The Morgan fingerprint density at radius 1 is 1.43 bits per heavy atom. The van der Waals surface area contributed by atoms with Crippen molar-refractivity contribution in [3.63, 3.8) is 0 Å². The van der Waals surface area contributed by atoms with E-state index in [2.05, 4.69) is 10.4 Å². The summed E-state index contributed by atoms with van der Waals surface area (Å²) in [6.45, 7) is 2.85. The molecule has 1 aromatic carbocycles. The summed E-state index contributed by atoms with van der Waals surface area (Å²) in [4.78, 5) is 12.0. The van der Waals surface area contributed by atoms with Gasteiger partial charge in [0, 0.05) is 31.7 Å². The minimum absolute atomic E-state index is 0.0833. The van der Waals surface area contributed by atoms with Crippen LogP contribution in [0.4, 0.5) is 4.39 Å². The van der Waals surface area contributed by atoms with Gasteiger partial charge in [0.2, 0.25) is 0 Å². The Hall–Kier alpha value is -2.22. The molecule has 1 heterocycles. The van der Waals surface area contributed by atoms with Gasteiger partial charge in [-0.1, -0.05) is 6.92 Å². The number of amides is 1. The van der Waals surface area contributed by atoms with E-state index in [1.165, 1.54) is 0 Å². The third kappa shape index (κ3) is 4.62. The number of halogens is 1. The van der Waals surface area contributed by atoms with Crippen molar-refractivity contribution in [3.8, 4) is 0 Å². The molecular formula is C15H18FN3O3S. The Bertz CT molecular complexity index is 788. The molecule has 1 atom stereocenters. The molecule has 1 N–H and O–H groups in total. The lowest BCUT2D eigenvalue weighted by Gasteiger charge is -2.13. The fraction of sp³-hybridized carbons (Fsp3) is 0.333. The van der Waals surface area contributed by atoms with Crippen LogP contribution in [0, 0.1) is 11.7 Å². The zero-order valence-electron chi connectivity index (χ0n) is 12.9. The summed E-state index contributed by atoms with van der Waals surface area (Å²) in [6, 6.07) is 4.98. The Kier molecular flexibility index (Phi) is 5.15. The van der Waals surface area contributed by atoms with Crippen molar-refractivity contribution in [3.05, 3.63) is 48.0 Å². The third-order valence-corrected chi connectivity index (χ3v) is 4.39. The Balaban J connectivity index is 2.03. The van der Waals surface area contributed by atoms with E-state index < -0.39 is 21.6 Å². The van der Waals surface area contributed by atoms with Gasteiger partial charge < -0.3 is 5.32 Å². The number of sulfone groups is 1. The summed E-state index contributed by atoms with van der Waals surface area (Å²) in [7, 11) is -3.50. The molecule has 2 aromatic rings. The molecule has 1 amide bonds. The molecule has 0 fully saturated rings. The van der Waals surface area contributed by atoms with Crippen molar-refractivity contribution in [2.75, 3.05) is 12.8 Å². The van der Waals surface area contributed by atoms with Crippen molar-refractivity contribution >= 4 is 15.7 Å². The number of benzene rings is 1. The molecule has 0 unspecified atom stereocenters. The highest BCUT2D eigenvalue weighted by atomic mass is 32.2. The van der Waals surface area contributed by atoms with Crippen molar-refractivity contribution in [1.29, 1.82) is 0 Å². The highest BCUT2D eigenvalue weighted by Crippen LogP contribution is 2.15. The Labute approximate surface area is 134 Å². The summed E-state index contributed by atoms with van der Waals surface area (Å²) >= 11 is 0. The Morgan fingerprint density at radius 3 is 2.78 bits per heavy atom. The highest BCUT2D eigenvalue weighted by molar-refractivity contribution is 7.90. The molecule has 23 heavy (non-hydrogen) atoms. The maximum atomic E-state index is 13.8. The topological polar surface area (TPSA) is 81.1 Å². The lowest BCUT2D eigenvalue weighted by Crippen LogP contribution is -2.30. The van der Waals surface area contributed by atoms with Gasteiger partial charge in [0.15, 0.2) is 9.84 Å². The molecule has 8 heteroatoms. The normalized spacial score (nSPS) is 12.8. The lowest BCUT2D eigenvalue weighted by atomic mass is 10.1. The summed E-state index contributed by atoms with van der Waals surface area (Å²) in [5, 5.41) is 6.69. The maximum absolute atomic E-state index is 13.8. The van der Waals surface area contributed by atoms with Gasteiger partial charge in [-0.15, -0.1) is 0 Å². The number of nitrogens with one attached hydrogen (secondary N) is 1. The number of aromatic nitrogens is 2. The highest BCUT2D eigenvalue weighted by Gasteiger charge is 2.17. The number of hydrogen-bond donors (Lipinski definition) is 1. The average Bonchev–Trinajstić information content (AvgIpc) is 2.97. The van der Waals surface area contributed by atoms with Crippen LogP contribution in [-0.2, 0) is 16.4 Å². The van der Waals surface area contributed by atoms with Crippen LogP contribution < -0.4 is 5.32 Å². The first kappa shape index (κ1) is 17.1. The van der Waals surface area contributed by atoms with E-state index in [0.29, 0.717) is 13.1 Å². The third-order valence-electron chi connectivity index (χ3n) is 3.28. The summed E-state index contributed by atoms with van der Waals surface area (Å²) in [6.07, 6.45) is 4.49. The second kappa shape index (κ2) is 6.91. The molecule has 0 aliphatic carbocycles. The van der Waals surface area contributed by atoms with Crippen molar-refractivity contribution in [2.24, 2.45) is 5.92 Å². The van der Waals surface area contributed by atoms with Gasteiger partial charge in [0.1, 0.15) is 5.82 Å². The van der Waals surface area contributed by atoms with Crippen molar-refractivity contribution in [1.82, 2.24) is 15.1 Å². The van der Waals surface area contributed by atoms with E-state index in [0.717, 1.165) is 24.5 Å². The SMILES string of the molecule is C[C@@H](CNC(=O)c1cc(S(C)(=O)=O)ccc1F)Cn1cccn1. The summed E-state index contributed by atoms with van der Waals surface area (Å²) < 4.78 is 38.5. The molecule has 0 saturated heterocycles. The van der Waals surface area contributed by atoms with Crippen LogP contribution in [0.25, 0.3) is 0 Å². The van der Waals surface area contributed by atoms with Crippen LogP contribution in [0.2, 0.25) is 0 Å². The number of nitrogens with zero attached hydrogens (tertiary/aromatic N) is 2. The smallest absolute Gasteiger partial charge is 0.254 e. The molecule has 1 aromatic heterocycles. The second-order valence-electron chi connectivity index (χ2n) is 5.46. The number of rotatable bonds is 6. The van der Waals surface area contributed by atoms with E-state index >= 15 is 0 Å². The zero-order valence-corrected chi connectivity index (χ0v) is 13.7. The molecule has 124 valence electrons. The van der Waals surface area contributed by atoms with Gasteiger partial charge in [0.05, 0.1) is 10.5 Å². The number of hydrogen-bond acceptors (Lipinski definition) is 4. The molecule has 6 nitrogen and oxygen atoms in total. The predicted molar refractivity (Wildman–Crippen MR) is 83.2 cm³/mol. The van der Waals surface area contributed by atoms with Crippen LogP contribution >= 0.6 is 0 Å². The average molecular weight is 339 g/mol. The monoisotopic (exact) mass is 339 g/mol. The molecule has 0 bridgehead atoms. The van der Waals surface area contributed by atoms with Gasteiger partial charge in [-0.05, 0) is 30.2 Å². The first-order valence-corrected chi connectivity index (χ1v) is 8.91. The first-order chi connectivity index (χ1) is 10.8. The summed E-state index contributed by atoms with van der Waals surface area (Å²) in [5.74, 6) is -1.31. The molecule has 0 saturated carbocycles. The molecule has 0 aliphatic rings. The molecule has 0 radical (unpaired) electrons. The zero-order chi connectivity index (χ0) is 17.0. The molecular weight excluding hydrogens is 321 g/mol. The van der Waals surface area contributed by atoms with Crippen LogP contribution in [0.5, 0.6) is 0 Å². The maximum Gasteiger partial charge on any atom is 0.254 e. The van der Waals surface area contributed by atoms with E-state index in [4.69, 9.17) is 0 Å². The first-order valence-electron chi connectivity index (χ1n) is 7.02. The standard InChI is InChI=1S/C15H18FN3O3S/c1-11(10-19-7-3-6-18-19)9-17-15(20)13-8-12(23(2,21)22)4-5-14(13)16/h3-8,11H,9-10H2,1-2H3,(H,17,20)/t11-/m0/s1. The van der Waals surface area contributed by atoms with Crippen LogP contribution in [0.3, 0.4) is 0 Å². The minimum Gasteiger partial charge on any atom is -0.352 e. The molecule has 2 rings (SSSR count). The fourth-order valence-electron chi connectivity index (χ4n) is 2.06. The van der Waals surface area contributed by atoms with Crippen LogP contribution in [-0.4, -0.2) is 36.9 Å². The molecule has 0 spiro atoms. The van der Waals surface area contributed by atoms with E-state index in [1.807, 2.05) is 13.1 Å². The van der Waals surface area contributed by atoms with Crippen LogP contribution in [0.15, 0.2) is 41.6 Å². The lowest BCUT2D eigenvalue weighted by molar-refractivity contribution is 0.0942.